The average Bonchev–Trinajstić information content (AvgIpc) is 2.60. The number of amides is 1. The van der Waals surface area contributed by atoms with Crippen molar-refractivity contribution in [2.75, 3.05) is 10.6 Å². The van der Waals surface area contributed by atoms with Gasteiger partial charge in [-0.05, 0) is 55.7 Å². The molecule has 0 bridgehead atoms. The van der Waals surface area contributed by atoms with Crippen LogP contribution in [-0.2, 0) is 16.6 Å². The number of anilines is 1. The minimum atomic E-state index is -3.46. The topological polar surface area (TPSA) is 66.5 Å². The van der Waals surface area contributed by atoms with Crippen LogP contribution in [-0.4, -0.2) is 26.6 Å². The Labute approximate surface area is 162 Å². The van der Waals surface area contributed by atoms with E-state index in [1.165, 1.54) is 10.6 Å². The van der Waals surface area contributed by atoms with Crippen LogP contribution in [0.5, 0.6) is 0 Å². The quantitative estimate of drug-likeness (QED) is 0.746. The molecule has 27 heavy (non-hydrogen) atoms. The minimum absolute atomic E-state index is 0.107. The van der Waals surface area contributed by atoms with Gasteiger partial charge < -0.3 is 5.32 Å². The molecular formula is C21H28N2O3S. The first-order valence-corrected chi connectivity index (χ1v) is 11.0. The highest BCUT2D eigenvalue weighted by Crippen LogP contribution is 2.22. The van der Waals surface area contributed by atoms with Gasteiger partial charge in [0.1, 0.15) is 0 Å². The molecule has 1 atom stereocenters. The Morgan fingerprint density at radius 3 is 2.30 bits per heavy atom. The van der Waals surface area contributed by atoms with Crippen molar-refractivity contribution >= 4 is 21.6 Å². The van der Waals surface area contributed by atoms with Crippen molar-refractivity contribution in [3.05, 3.63) is 65.2 Å². The first-order chi connectivity index (χ1) is 12.7. The molecule has 0 aromatic heterocycles. The van der Waals surface area contributed by atoms with Gasteiger partial charge in [0.2, 0.25) is 10.0 Å². The van der Waals surface area contributed by atoms with E-state index in [4.69, 9.17) is 0 Å². The molecule has 0 saturated carbocycles. The maximum absolute atomic E-state index is 12.3. The van der Waals surface area contributed by atoms with Gasteiger partial charge in [0, 0.05) is 11.6 Å². The van der Waals surface area contributed by atoms with Gasteiger partial charge in [-0.1, -0.05) is 37.6 Å². The summed E-state index contributed by atoms with van der Waals surface area (Å²) in [6.07, 6.45) is 3.11. The molecule has 0 radical (unpaired) electrons. The number of hydrogen-bond donors (Lipinski definition) is 1. The van der Waals surface area contributed by atoms with Gasteiger partial charge >= 0.3 is 0 Å². The zero-order valence-corrected chi connectivity index (χ0v) is 17.2. The van der Waals surface area contributed by atoms with Crippen LogP contribution in [0.2, 0.25) is 0 Å². The van der Waals surface area contributed by atoms with E-state index in [0.717, 1.165) is 24.0 Å². The fraction of sp³-hybridized carbons (Fsp3) is 0.381. The summed E-state index contributed by atoms with van der Waals surface area (Å²) in [4.78, 5) is 12.3. The van der Waals surface area contributed by atoms with Crippen molar-refractivity contribution in [1.29, 1.82) is 0 Å². The van der Waals surface area contributed by atoms with Gasteiger partial charge in [-0.15, -0.1) is 0 Å². The van der Waals surface area contributed by atoms with Crippen LogP contribution in [0, 0.1) is 6.92 Å². The molecule has 1 N–H and O–H groups in total. The van der Waals surface area contributed by atoms with Gasteiger partial charge in [0.05, 0.1) is 18.5 Å². The van der Waals surface area contributed by atoms with E-state index in [9.17, 15) is 13.2 Å². The van der Waals surface area contributed by atoms with Gasteiger partial charge in [-0.25, -0.2) is 8.42 Å². The highest BCUT2D eigenvalue weighted by atomic mass is 32.2. The van der Waals surface area contributed by atoms with Crippen molar-refractivity contribution in [3.8, 4) is 0 Å². The number of sulfonamides is 1. The molecular weight excluding hydrogens is 360 g/mol. The molecule has 2 aromatic carbocycles. The third kappa shape index (κ3) is 5.82. The molecule has 2 rings (SSSR count). The number of nitrogens with zero attached hydrogens (tertiary/aromatic N) is 1. The molecule has 0 aliphatic carbocycles. The van der Waals surface area contributed by atoms with E-state index in [1.807, 2.05) is 38.1 Å². The highest BCUT2D eigenvalue weighted by Gasteiger charge is 2.19. The summed E-state index contributed by atoms with van der Waals surface area (Å²) in [5.41, 5.74) is 3.04. The van der Waals surface area contributed by atoms with Crippen LogP contribution in [0.4, 0.5) is 5.69 Å². The Balaban J connectivity index is 2.23. The summed E-state index contributed by atoms with van der Waals surface area (Å²) in [6, 6.07) is 14.5. The molecule has 0 aliphatic heterocycles. The van der Waals surface area contributed by atoms with E-state index < -0.39 is 10.0 Å². The summed E-state index contributed by atoms with van der Waals surface area (Å²) in [7, 11) is -3.46. The molecule has 0 aliphatic rings. The number of rotatable bonds is 8. The van der Waals surface area contributed by atoms with Crippen molar-refractivity contribution < 1.29 is 13.2 Å². The first kappa shape index (κ1) is 21.0. The Morgan fingerprint density at radius 2 is 1.74 bits per heavy atom. The normalized spacial score (nSPS) is 12.4. The van der Waals surface area contributed by atoms with Crippen LogP contribution in [0.3, 0.4) is 0 Å². The Hall–Kier alpha value is -2.34. The van der Waals surface area contributed by atoms with Crippen LogP contribution < -0.4 is 9.62 Å². The van der Waals surface area contributed by atoms with Gasteiger partial charge in [-0.3, -0.25) is 9.10 Å². The third-order valence-electron chi connectivity index (χ3n) is 4.49. The van der Waals surface area contributed by atoms with Crippen molar-refractivity contribution in [2.24, 2.45) is 0 Å². The van der Waals surface area contributed by atoms with Gasteiger partial charge in [-0.2, -0.15) is 0 Å². The van der Waals surface area contributed by atoms with Crippen LogP contribution >= 0.6 is 0 Å². The third-order valence-corrected chi connectivity index (χ3v) is 5.63. The van der Waals surface area contributed by atoms with Crippen LogP contribution in [0.15, 0.2) is 48.5 Å². The average molecular weight is 389 g/mol. The van der Waals surface area contributed by atoms with E-state index in [1.54, 1.807) is 24.3 Å². The van der Waals surface area contributed by atoms with Crippen molar-refractivity contribution in [1.82, 2.24) is 5.32 Å². The van der Waals surface area contributed by atoms with E-state index in [0.29, 0.717) is 11.3 Å². The number of carbonyl (C=O) groups excluding carboxylic acids is 1. The van der Waals surface area contributed by atoms with Crippen molar-refractivity contribution in [2.45, 2.75) is 46.2 Å². The number of benzene rings is 2. The molecule has 5 nitrogen and oxygen atoms in total. The monoisotopic (exact) mass is 388 g/mol. The number of hydrogen-bond acceptors (Lipinski definition) is 3. The lowest BCUT2D eigenvalue weighted by Gasteiger charge is -2.23. The molecule has 0 spiro atoms. The summed E-state index contributed by atoms with van der Waals surface area (Å²) in [5, 5.41) is 2.95. The predicted molar refractivity (Wildman–Crippen MR) is 110 cm³/mol. The van der Waals surface area contributed by atoms with Crippen LogP contribution in [0.25, 0.3) is 0 Å². The molecule has 2 aromatic rings. The summed E-state index contributed by atoms with van der Waals surface area (Å²) < 4.78 is 26.0. The maximum atomic E-state index is 12.3. The first-order valence-electron chi connectivity index (χ1n) is 9.15. The second-order valence-corrected chi connectivity index (χ2v) is 8.81. The molecule has 1 amide bonds. The Bertz CT molecular complexity index is 877. The molecule has 0 unspecified atom stereocenters. The van der Waals surface area contributed by atoms with Crippen molar-refractivity contribution in [3.63, 3.8) is 0 Å². The molecule has 0 fully saturated rings. The van der Waals surface area contributed by atoms with Gasteiger partial charge in [0.25, 0.3) is 5.91 Å². The second-order valence-electron chi connectivity index (χ2n) is 6.91. The summed E-state index contributed by atoms with van der Waals surface area (Å²) in [5.74, 6) is -0.146. The van der Waals surface area contributed by atoms with E-state index in [-0.39, 0.29) is 18.5 Å². The Morgan fingerprint density at radius 1 is 1.11 bits per heavy atom. The lowest BCUT2D eigenvalue weighted by atomic mass is 10.1. The molecule has 0 saturated heterocycles. The standard InChI is InChI=1S/C21H28N2O3S/c1-5-8-17(3)22-21(24)18-11-13-20(14-12-18)23(27(4,25)26)15-19-10-7-6-9-16(19)2/h6-7,9-14,17H,5,8,15H2,1-4H3,(H,22,24)/t17-/m1/s1. The fourth-order valence-corrected chi connectivity index (χ4v) is 3.81. The smallest absolute Gasteiger partial charge is 0.251 e. The number of nitrogens with one attached hydrogen (secondary N) is 1. The number of carbonyl (C=O) groups is 1. The maximum Gasteiger partial charge on any atom is 0.251 e. The lowest BCUT2D eigenvalue weighted by molar-refractivity contribution is 0.0938. The van der Waals surface area contributed by atoms with E-state index in [2.05, 4.69) is 12.2 Å². The van der Waals surface area contributed by atoms with Crippen LogP contribution in [0.1, 0.15) is 48.2 Å². The predicted octanol–water partition coefficient (Wildman–Crippen LogP) is 3.88. The largest absolute Gasteiger partial charge is 0.350 e. The Kier molecular flexibility index (Phi) is 7.02. The fourth-order valence-electron chi connectivity index (χ4n) is 2.93. The highest BCUT2D eigenvalue weighted by molar-refractivity contribution is 7.92. The summed E-state index contributed by atoms with van der Waals surface area (Å²) >= 11 is 0. The minimum Gasteiger partial charge on any atom is -0.350 e. The molecule has 146 valence electrons. The lowest BCUT2D eigenvalue weighted by Crippen LogP contribution is -2.32. The zero-order chi connectivity index (χ0) is 20.0. The van der Waals surface area contributed by atoms with E-state index >= 15 is 0 Å². The zero-order valence-electron chi connectivity index (χ0n) is 16.4. The van der Waals surface area contributed by atoms with Gasteiger partial charge in [0.15, 0.2) is 0 Å². The SMILES string of the molecule is CCC[C@@H](C)NC(=O)c1ccc(N(Cc2ccccc2C)S(C)(=O)=O)cc1. The molecule has 0 heterocycles. The summed E-state index contributed by atoms with van der Waals surface area (Å²) in [6.45, 7) is 6.26. The number of aryl methyl sites for hydroxylation is 1. The molecule has 6 heteroatoms. The second kappa shape index (κ2) is 9.04.